The van der Waals surface area contributed by atoms with Crippen molar-refractivity contribution in [3.05, 3.63) is 44.9 Å². The highest BCUT2D eigenvalue weighted by Gasteiger charge is 2.12. The second-order valence-electron chi connectivity index (χ2n) is 3.93. The summed E-state index contributed by atoms with van der Waals surface area (Å²) in [5.41, 5.74) is 5.78. The summed E-state index contributed by atoms with van der Waals surface area (Å²) in [5.74, 6) is -0.0449. The fourth-order valence-corrected chi connectivity index (χ4v) is 1.90. The molecule has 0 unspecified atom stereocenters. The second-order valence-corrected chi connectivity index (χ2v) is 3.93. The molecule has 0 amide bonds. The minimum atomic E-state index is -0.519. The highest BCUT2D eigenvalue weighted by atomic mass is 16.6. The smallest absolute Gasteiger partial charge is 0.270 e. The molecule has 0 saturated heterocycles. The van der Waals surface area contributed by atoms with E-state index in [-0.39, 0.29) is 17.0 Å². The standard InChI is InChI=1S/C11H7N5O3/c12-11-14-9-6-3-5(16(18)19)1-2-8(6)13-4-7(9)10(17)15-11/h1-4H,(H3,12,14,15,17). The summed E-state index contributed by atoms with van der Waals surface area (Å²) in [7, 11) is 0. The lowest BCUT2D eigenvalue weighted by Crippen LogP contribution is -2.11. The van der Waals surface area contributed by atoms with Crippen LogP contribution in [0.25, 0.3) is 21.8 Å². The SMILES string of the molecule is Nc1nc2c(cnc3ccc([N+](=O)[O-])cc32)c(=O)[nH]1. The minimum Gasteiger partial charge on any atom is -0.369 e. The number of pyridine rings is 1. The number of hydrogen-bond donors (Lipinski definition) is 2. The quantitative estimate of drug-likeness (QED) is 0.379. The molecule has 2 heterocycles. The fourth-order valence-electron chi connectivity index (χ4n) is 1.90. The molecule has 0 aliphatic heterocycles. The molecular weight excluding hydrogens is 250 g/mol. The molecule has 1 aromatic carbocycles. The van der Waals surface area contributed by atoms with Crippen molar-refractivity contribution < 1.29 is 4.92 Å². The average molecular weight is 257 g/mol. The Morgan fingerprint density at radius 2 is 2.11 bits per heavy atom. The van der Waals surface area contributed by atoms with Crippen molar-refractivity contribution in [2.24, 2.45) is 0 Å². The number of non-ortho nitro benzene ring substituents is 1. The van der Waals surface area contributed by atoms with Crippen LogP contribution in [-0.2, 0) is 0 Å². The lowest BCUT2D eigenvalue weighted by atomic mass is 10.1. The lowest BCUT2D eigenvalue weighted by molar-refractivity contribution is -0.384. The first-order valence-corrected chi connectivity index (χ1v) is 5.29. The number of nitrogen functional groups attached to an aromatic ring is 1. The first kappa shape index (κ1) is 11.1. The number of fused-ring (bicyclic) bond motifs is 3. The number of aromatic amines is 1. The number of aromatic nitrogens is 3. The number of nitrogens with two attached hydrogens (primary N) is 1. The molecule has 8 nitrogen and oxygen atoms in total. The summed E-state index contributed by atoms with van der Waals surface area (Å²) < 4.78 is 0. The van der Waals surface area contributed by atoms with Gasteiger partial charge >= 0.3 is 0 Å². The van der Waals surface area contributed by atoms with Crippen LogP contribution < -0.4 is 11.3 Å². The topological polar surface area (TPSA) is 128 Å². The largest absolute Gasteiger partial charge is 0.369 e. The Hall–Kier alpha value is -3.03. The number of nitro groups is 1. The Balaban J connectivity index is 2.53. The van der Waals surface area contributed by atoms with E-state index in [1.54, 1.807) is 0 Å². The molecule has 0 spiro atoms. The molecule has 0 atom stereocenters. The Morgan fingerprint density at radius 1 is 1.32 bits per heavy atom. The Labute approximate surface area is 105 Å². The van der Waals surface area contributed by atoms with E-state index < -0.39 is 10.5 Å². The van der Waals surface area contributed by atoms with Gasteiger partial charge in [0.1, 0.15) is 0 Å². The molecule has 94 valence electrons. The van der Waals surface area contributed by atoms with Crippen molar-refractivity contribution in [2.75, 3.05) is 5.73 Å². The maximum atomic E-state index is 11.7. The first-order chi connectivity index (χ1) is 9.06. The number of nitro benzene ring substituents is 1. The molecule has 3 N–H and O–H groups in total. The van der Waals surface area contributed by atoms with Gasteiger partial charge in [0.2, 0.25) is 5.95 Å². The predicted molar refractivity (Wildman–Crippen MR) is 68.7 cm³/mol. The number of hydrogen-bond acceptors (Lipinski definition) is 6. The number of benzene rings is 1. The average Bonchev–Trinajstić information content (AvgIpc) is 2.37. The zero-order valence-corrected chi connectivity index (χ0v) is 9.45. The van der Waals surface area contributed by atoms with Crippen molar-refractivity contribution in [3.8, 4) is 0 Å². The van der Waals surface area contributed by atoms with Crippen LogP contribution in [0.5, 0.6) is 0 Å². The van der Waals surface area contributed by atoms with E-state index in [0.29, 0.717) is 16.4 Å². The van der Waals surface area contributed by atoms with Crippen LogP contribution in [0.2, 0.25) is 0 Å². The molecule has 0 fully saturated rings. The second kappa shape index (κ2) is 3.73. The summed E-state index contributed by atoms with van der Waals surface area (Å²) in [5, 5.41) is 11.4. The fraction of sp³-hybridized carbons (Fsp3) is 0. The molecular formula is C11H7N5O3. The summed E-state index contributed by atoms with van der Waals surface area (Å²) in [6.07, 6.45) is 1.37. The summed E-state index contributed by atoms with van der Waals surface area (Å²) >= 11 is 0. The highest BCUT2D eigenvalue weighted by Crippen LogP contribution is 2.24. The monoisotopic (exact) mass is 257 g/mol. The summed E-state index contributed by atoms with van der Waals surface area (Å²) in [6, 6.07) is 4.18. The molecule has 19 heavy (non-hydrogen) atoms. The van der Waals surface area contributed by atoms with E-state index >= 15 is 0 Å². The van der Waals surface area contributed by atoms with Gasteiger partial charge in [0, 0.05) is 23.7 Å². The summed E-state index contributed by atoms with van der Waals surface area (Å²) in [6.45, 7) is 0. The van der Waals surface area contributed by atoms with Crippen LogP contribution in [0.4, 0.5) is 11.6 Å². The van der Waals surface area contributed by atoms with Gasteiger partial charge in [0.05, 0.1) is 21.3 Å². The van der Waals surface area contributed by atoms with Gasteiger partial charge in [-0.25, -0.2) is 4.98 Å². The van der Waals surface area contributed by atoms with Gasteiger partial charge in [-0.15, -0.1) is 0 Å². The van der Waals surface area contributed by atoms with Gasteiger partial charge in [-0.1, -0.05) is 0 Å². The third kappa shape index (κ3) is 1.66. The van der Waals surface area contributed by atoms with E-state index in [4.69, 9.17) is 5.73 Å². The van der Waals surface area contributed by atoms with E-state index in [9.17, 15) is 14.9 Å². The highest BCUT2D eigenvalue weighted by molar-refractivity contribution is 6.03. The van der Waals surface area contributed by atoms with Gasteiger partial charge in [-0.2, -0.15) is 0 Å². The van der Waals surface area contributed by atoms with E-state index in [1.165, 1.54) is 24.4 Å². The molecule has 0 bridgehead atoms. The molecule has 0 aliphatic carbocycles. The Bertz CT molecular complexity index is 887. The van der Waals surface area contributed by atoms with E-state index in [1.807, 2.05) is 0 Å². The van der Waals surface area contributed by atoms with Crippen molar-refractivity contribution >= 4 is 33.4 Å². The van der Waals surface area contributed by atoms with Gasteiger partial charge in [-0.3, -0.25) is 24.9 Å². The zero-order chi connectivity index (χ0) is 13.6. The number of H-pyrrole nitrogens is 1. The minimum absolute atomic E-state index is 0.0449. The van der Waals surface area contributed by atoms with Crippen molar-refractivity contribution in [1.82, 2.24) is 15.0 Å². The van der Waals surface area contributed by atoms with Crippen LogP contribution >= 0.6 is 0 Å². The zero-order valence-electron chi connectivity index (χ0n) is 9.45. The van der Waals surface area contributed by atoms with Crippen LogP contribution in [0.15, 0.2) is 29.2 Å². The first-order valence-electron chi connectivity index (χ1n) is 5.29. The Kier molecular flexibility index (Phi) is 2.18. The molecule has 0 radical (unpaired) electrons. The number of rotatable bonds is 1. The number of nitrogens with zero attached hydrogens (tertiary/aromatic N) is 3. The predicted octanol–water partition coefficient (Wildman–Crippen LogP) is 0.962. The molecule has 0 aliphatic rings. The third-order valence-corrected chi connectivity index (χ3v) is 2.75. The molecule has 2 aromatic heterocycles. The van der Waals surface area contributed by atoms with E-state index in [0.717, 1.165) is 0 Å². The molecule has 3 aromatic rings. The van der Waals surface area contributed by atoms with Gasteiger partial charge in [0.25, 0.3) is 11.2 Å². The molecule has 0 saturated carbocycles. The van der Waals surface area contributed by atoms with Gasteiger partial charge < -0.3 is 5.73 Å². The van der Waals surface area contributed by atoms with Crippen molar-refractivity contribution in [2.45, 2.75) is 0 Å². The normalized spacial score (nSPS) is 10.9. The van der Waals surface area contributed by atoms with Crippen molar-refractivity contribution in [1.29, 1.82) is 0 Å². The lowest BCUT2D eigenvalue weighted by Gasteiger charge is -2.02. The Morgan fingerprint density at radius 3 is 2.84 bits per heavy atom. The van der Waals surface area contributed by atoms with Crippen LogP contribution in [0, 0.1) is 10.1 Å². The van der Waals surface area contributed by atoms with Gasteiger partial charge in [0.15, 0.2) is 0 Å². The van der Waals surface area contributed by atoms with E-state index in [2.05, 4.69) is 15.0 Å². The van der Waals surface area contributed by atoms with Gasteiger partial charge in [-0.05, 0) is 6.07 Å². The maximum Gasteiger partial charge on any atom is 0.270 e. The number of anilines is 1. The van der Waals surface area contributed by atoms with Crippen LogP contribution in [0.3, 0.4) is 0 Å². The van der Waals surface area contributed by atoms with Crippen LogP contribution in [-0.4, -0.2) is 19.9 Å². The molecule has 3 rings (SSSR count). The number of nitrogens with one attached hydrogen (secondary N) is 1. The summed E-state index contributed by atoms with van der Waals surface area (Å²) in [4.78, 5) is 32.4. The third-order valence-electron chi connectivity index (χ3n) is 2.75. The van der Waals surface area contributed by atoms with Crippen LogP contribution in [0.1, 0.15) is 0 Å². The molecule has 8 heteroatoms. The maximum absolute atomic E-state index is 11.7. The van der Waals surface area contributed by atoms with Crippen molar-refractivity contribution in [3.63, 3.8) is 0 Å².